The van der Waals surface area contributed by atoms with Gasteiger partial charge in [-0.1, -0.05) is 6.07 Å². The Labute approximate surface area is 119 Å². The highest BCUT2D eigenvalue weighted by atomic mass is 35.5. The van der Waals surface area contributed by atoms with Gasteiger partial charge in [0.15, 0.2) is 0 Å². The predicted octanol–water partition coefficient (Wildman–Crippen LogP) is 3.03. The van der Waals surface area contributed by atoms with Gasteiger partial charge in [-0.25, -0.2) is 4.39 Å². The minimum atomic E-state index is -0.588. The van der Waals surface area contributed by atoms with Crippen molar-refractivity contribution in [1.82, 2.24) is 5.32 Å². The summed E-state index contributed by atoms with van der Waals surface area (Å²) in [6, 6.07) is 4.82. The Morgan fingerprint density at radius 2 is 2.16 bits per heavy atom. The molecule has 0 aliphatic carbocycles. The lowest BCUT2D eigenvalue weighted by Crippen LogP contribution is -2.54. The van der Waals surface area contributed by atoms with Crippen molar-refractivity contribution in [3.05, 3.63) is 29.6 Å². The van der Waals surface area contributed by atoms with E-state index in [-0.39, 0.29) is 29.8 Å². The molecule has 1 aromatic carbocycles. The van der Waals surface area contributed by atoms with Crippen molar-refractivity contribution in [2.45, 2.75) is 38.6 Å². The van der Waals surface area contributed by atoms with Crippen LogP contribution in [-0.4, -0.2) is 18.0 Å². The fourth-order valence-corrected chi connectivity index (χ4v) is 2.23. The van der Waals surface area contributed by atoms with Crippen LogP contribution in [0, 0.1) is 12.7 Å². The Kier molecular flexibility index (Phi) is 5.32. The summed E-state index contributed by atoms with van der Waals surface area (Å²) in [4.78, 5) is 12.2. The van der Waals surface area contributed by atoms with E-state index in [0.29, 0.717) is 0 Å². The second kappa shape index (κ2) is 6.35. The molecule has 0 radical (unpaired) electrons. The van der Waals surface area contributed by atoms with Crippen LogP contribution in [0.15, 0.2) is 18.2 Å². The predicted molar refractivity (Wildman–Crippen MR) is 77.3 cm³/mol. The van der Waals surface area contributed by atoms with Gasteiger partial charge in [0.25, 0.3) is 0 Å². The number of hydrogen-bond acceptors (Lipinski definition) is 2. The molecular weight excluding hydrogens is 267 g/mol. The number of nitrogens with one attached hydrogen (secondary N) is 2. The summed E-state index contributed by atoms with van der Waals surface area (Å²) in [6.45, 7) is 4.52. The molecule has 1 atom stereocenters. The number of piperidine rings is 1. The van der Waals surface area contributed by atoms with Crippen molar-refractivity contribution in [3.8, 4) is 0 Å². The molecule has 3 nitrogen and oxygen atoms in total. The van der Waals surface area contributed by atoms with Crippen LogP contribution in [0.2, 0.25) is 0 Å². The number of benzene rings is 1. The molecule has 0 spiro atoms. The minimum absolute atomic E-state index is 0. The largest absolute Gasteiger partial charge is 0.322 e. The Hall–Kier alpha value is -1.13. The van der Waals surface area contributed by atoms with E-state index < -0.39 is 5.54 Å². The first kappa shape index (κ1) is 15.9. The SMILES string of the molecule is Cc1ccc(NC(=O)C2(C)CCCCN2)c(F)c1.Cl. The van der Waals surface area contributed by atoms with Crippen molar-refractivity contribution < 1.29 is 9.18 Å². The van der Waals surface area contributed by atoms with Crippen LogP contribution in [0.4, 0.5) is 10.1 Å². The Morgan fingerprint density at radius 1 is 1.42 bits per heavy atom. The Balaban J connectivity index is 0.00000180. The molecule has 1 unspecified atom stereocenters. The monoisotopic (exact) mass is 286 g/mol. The molecule has 106 valence electrons. The van der Waals surface area contributed by atoms with E-state index in [9.17, 15) is 9.18 Å². The molecule has 1 aliphatic heterocycles. The fourth-order valence-electron chi connectivity index (χ4n) is 2.23. The molecule has 0 saturated carbocycles. The number of carbonyl (C=O) groups excluding carboxylic acids is 1. The lowest BCUT2D eigenvalue weighted by atomic mass is 9.90. The van der Waals surface area contributed by atoms with Crippen molar-refractivity contribution in [2.75, 3.05) is 11.9 Å². The first-order valence-corrected chi connectivity index (χ1v) is 6.34. The van der Waals surface area contributed by atoms with Crippen LogP contribution >= 0.6 is 12.4 Å². The molecule has 1 fully saturated rings. The van der Waals surface area contributed by atoms with Gasteiger partial charge in [-0.2, -0.15) is 0 Å². The normalized spacial score (nSPS) is 22.5. The smallest absolute Gasteiger partial charge is 0.244 e. The van der Waals surface area contributed by atoms with Gasteiger partial charge < -0.3 is 10.6 Å². The quantitative estimate of drug-likeness (QED) is 0.877. The standard InChI is InChI=1S/C14H19FN2O.ClH/c1-10-5-6-12(11(15)9-10)17-13(18)14(2)7-3-4-8-16-14;/h5-6,9,16H,3-4,7-8H2,1-2H3,(H,17,18);1H. The fraction of sp³-hybridized carbons (Fsp3) is 0.500. The van der Waals surface area contributed by atoms with Gasteiger partial charge in [0.05, 0.1) is 11.2 Å². The van der Waals surface area contributed by atoms with Gasteiger partial charge in [-0.15, -0.1) is 12.4 Å². The van der Waals surface area contributed by atoms with E-state index in [2.05, 4.69) is 10.6 Å². The van der Waals surface area contributed by atoms with E-state index >= 15 is 0 Å². The average Bonchev–Trinajstić information content (AvgIpc) is 2.33. The zero-order valence-electron chi connectivity index (χ0n) is 11.3. The van der Waals surface area contributed by atoms with Gasteiger partial charge in [-0.3, -0.25) is 4.79 Å². The summed E-state index contributed by atoms with van der Waals surface area (Å²) in [7, 11) is 0. The third kappa shape index (κ3) is 3.67. The first-order chi connectivity index (χ1) is 8.51. The van der Waals surface area contributed by atoms with Gasteiger partial charge in [0, 0.05) is 0 Å². The van der Waals surface area contributed by atoms with Gasteiger partial charge in [0.1, 0.15) is 5.82 Å². The van der Waals surface area contributed by atoms with Gasteiger partial charge in [0.2, 0.25) is 5.91 Å². The number of anilines is 1. The summed E-state index contributed by atoms with van der Waals surface area (Å²) in [5, 5.41) is 5.88. The van der Waals surface area contributed by atoms with E-state index in [0.717, 1.165) is 31.4 Å². The highest BCUT2D eigenvalue weighted by Crippen LogP contribution is 2.22. The summed E-state index contributed by atoms with van der Waals surface area (Å²) in [5.41, 5.74) is 0.502. The highest BCUT2D eigenvalue weighted by molar-refractivity contribution is 5.98. The molecule has 1 aliphatic rings. The number of rotatable bonds is 2. The average molecular weight is 287 g/mol. The molecule has 0 aromatic heterocycles. The maximum absolute atomic E-state index is 13.7. The van der Waals surface area contributed by atoms with Gasteiger partial charge in [-0.05, 0) is 57.4 Å². The lowest BCUT2D eigenvalue weighted by Gasteiger charge is -2.33. The first-order valence-electron chi connectivity index (χ1n) is 6.34. The molecule has 1 amide bonds. The van der Waals surface area contributed by atoms with Crippen molar-refractivity contribution in [2.24, 2.45) is 0 Å². The van der Waals surface area contributed by atoms with Crippen molar-refractivity contribution >= 4 is 24.0 Å². The Morgan fingerprint density at radius 3 is 2.74 bits per heavy atom. The number of amides is 1. The van der Waals surface area contributed by atoms with Crippen LogP contribution in [0.1, 0.15) is 31.7 Å². The van der Waals surface area contributed by atoms with E-state index in [1.807, 2.05) is 13.8 Å². The third-order valence-electron chi connectivity index (χ3n) is 3.49. The molecule has 0 bridgehead atoms. The maximum atomic E-state index is 13.7. The zero-order chi connectivity index (χ0) is 13.2. The van der Waals surface area contributed by atoms with E-state index in [1.54, 1.807) is 12.1 Å². The number of hydrogen-bond donors (Lipinski definition) is 2. The van der Waals surface area contributed by atoms with Crippen LogP contribution < -0.4 is 10.6 Å². The summed E-state index contributed by atoms with van der Waals surface area (Å²) in [6.07, 6.45) is 2.89. The van der Waals surface area contributed by atoms with E-state index in [4.69, 9.17) is 0 Å². The molecule has 1 aromatic rings. The Bertz CT molecular complexity index is 459. The molecule has 1 saturated heterocycles. The second-order valence-corrected chi connectivity index (χ2v) is 5.15. The maximum Gasteiger partial charge on any atom is 0.244 e. The summed E-state index contributed by atoms with van der Waals surface area (Å²) >= 11 is 0. The zero-order valence-corrected chi connectivity index (χ0v) is 12.1. The van der Waals surface area contributed by atoms with Crippen LogP contribution in [0.25, 0.3) is 0 Å². The second-order valence-electron chi connectivity index (χ2n) is 5.15. The minimum Gasteiger partial charge on any atom is -0.322 e. The number of carbonyl (C=O) groups is 1. The number of aryl methyl sites for hydroxylation is 1. The molecule has 5 heteroatoms. The number of halogens is 2. The van der Waals surface area contributed by atoms with E-state index in [1.165, 1.54) is 6.07 Å². The molecule has 2 rings (SSSR count). The van der Waals surface area contributed by atoms with Crippen molar-refractivity contribution in [1.29, 1.82) is 0 Å². The lowest BCUT2D eigenvalue weighted by molar-refractivity contribution is -0.122. The topological polar surface area (TPSA) is 41.1 Å². The molecule has 19 heavy (non-hydrogen) atoms. The molecule has 2 N–H and O–H groups in total. The third-order valence-corrected chi connectivity index (χ3v) is 3.49. The van der Waals surface area contributed by atoms with Gasteiger partial charge >= 0.3 is 0 Å². The summed E-state index contributed by atoms with van der Waals surface area (Å²) < 4.78 is 13.7. The molecule has 1 heterocycles. The van der Waals surface area contributed by atoms with Crippen LogP contribution in [0.5, 0.6) is 0 Å². The van der Waals surface area contributed by atoms with Crippen molar-refractivity contribution in [3.63, 3.8) is 0 Å². The summed E-state index contributed by atoms with van der Waals surface area (Å²) in [5.74, 6) is -0.548. The highest BCUT2D eigenvalue weighted by Gasteiger charge is 2.34. The van der Waals surface area contributed by atoms with Crippen LogP contribution in [-0.2, 0) is 4.79 Å². The van der Waals surface area contributed by atoms with Crippen LogP contribution in [0.3, 0.4) is 0 Å². The molecular formula is C14H20ClFN2O.